The van der Waals surface area contributed by atoms with Crippen LogP contribution < -0.4 is 4.74 Å². The second kappa shape index (κ2) is 6.16. The maximum Gasteiger partial charge on any atom is 0.167 e. The molecule has 1 aromatic rings. The van der Waals surface area contributed by atoms with E-state index in [-0.39, 0.29) is 5.78 Å². The SMILES string of the molecule is COc1c(C)cc(Cl)cc1C(=O)CCSC. The van der Waals surface area contributed by atoms with Gasteiger partial charge in [0.1, 0.15) is 5.75 Å². The largest absolute Gasteiger partial charge is 0.496 e. The second-order valence-corrected chi connectivity index (χ2v) is 4.89. The topological polar surface area (TPSA) is 26.3 Å². The number of hydrogen-bond donors (Lipinski definition) is 0. The maximum atomic E-state index is 11.9. The predicted molar refractivity (Wildman–Crippen MR) is 70.1 cm³/mol. The molecule has 0 fully saturated rings. The van der Waals surface area contributed by atoms with E-state index in [1.54, 1.807) is 31.0 Å². The normalized spacial score (nSPS) is 10.2. The van der Waals surface area contributed by atoms with Gasteiger partial charge in [0.25, 0.3) is 0 Å². The Bertz CT molecular complexity index is 391. The lowest BCUT2D eigenvalue weighted by molar-refractivity contribution is 0.0986. The fourth-order valence-electron chi connectivity index (χ4n) is 1.54. The van der Waals surface area contributed by atoms with Crippen molar-refractivity contribution < 1.29 is 9.53 Å². The molecule has 0 aliphatic rings. The molecule has 1 rings (SSSR count). The number of thioether (sulfide) groups is 1. The van der Waals surface area contributed by atoms with Crippen molar-refractivity contribution in [2.24, 2.45) is 0 Å². The number of halogens is 1. The molecular formula is C12H15ClO2S. The van der Waals surface area contributed by atoms with Gasteiger partial charge in [0.15, 0.2) is 5.78 Å². The van der Waals surface area contributed by atoms with Crippen LogP contribution >= 0.6 is 23.4 Å². The average Bonchev–Trinajstić information content (AvgIpc) is 2.24. The van der Waals surface area contributed by atoms with Gasteiger partial charge >= 0.3 is 0 Å². The van der Waals surface area contributed by atoms with E-state index in [1.165, 1.54) is 0 Å². The highest BCUT2D eigenvalue weighted by Gasteiger charge is 2.14. The minimum atomic E-state index is 0.0804. The van der Waals surface area contributed by atoms with Crippen LogP contribution in [-0.4, -0.2) is 24.9 Å². The van der Waals surface area contributed by atoms with Crippen molar-refractivity contribution in [2.45, 2.75) is 13.3 Å². The van der Waals surface area contributed by atoms with Crippen LogP contribution in [0, 0.1) is 6.92 Å². The van der Waals surface area contributed by atoms with E-state index in [2.05, 4.69) is 0 Å². The summed E-state index contributed by atoms with van der Waals surface area (Å²) in [5, 5.41) is 0.575. The lowest BCUT2D eigenvalue weighted by Gasteiger charge is -2.11. The molecule has 0 aliphatic heterocycles. The minimum absolute atomic E-state index is 0.0804. The van der Waals surface area contributed by atoms with Gasteiger partial charge in [0, 0.05) is 17.2 Å². The number of carbonyl (C=O) groups excluding carboxylic acids is 1. The Labute approximate surface area is 105 Å². The Hall–Kier alpha value is -0.670. The van der Waals surface area contributed by atoms with E-state index in [4.69, 9.17) is 16.3 Å². The maximum absolute atomic E-state index is 11.9. The molecule has 0 saturated carbocycles. The standard InChI is InChI=1S/C12H15ClO2S/c1-8-6-9(13)7-10(12(8)15-2)11(14)4-5-16-3/h6-7H,4-5H2,1-3H3. The first-order valence-electron chi connectivity index (χ1n) is 4.96. The van der Waals surface area contributed by atoms with Crippen LogP contribution in [0.3, 0.4) is 0 Å². The van der Waals surface area contributed by atoms with Gasteiger partial charge < -0.3 is 4.74 Å². The summed E-state index contributed by atoms with van der Waals surface area (Å²) >= 11 is 7.60. The number of rotatable bonds is 5. The Kier molecular flexibility index (Phi) is 5.16. The van der Waals surface area contributed by atoms with Gasteiger partial charge in [-0.1, -0.05) is 11.6 Å². The monoisotopic (exact) mass is 258 g/mol. The molecule has 4 heteroatoms. The molecule has 0 radical (unpaired) electrons. The van der Waals surface area contributed by atoms with E-state index in [0.29, 0.717) is 22.8 Å². The Morgan fingerprint density at radius 2 is 2.19 bits per heavy atom. The highest BCUT2D eigenvalue weighted by atomic mass is 35.5. The lowest BCUT2D eigenvalue weighted by Crippen LogP contribution is -2.04. The molecule has 0 bridgehead atoms. The third-order valence-electron chi connectivity index (χ3n) is 2.28. The van der Waals surface area contributed by atoms with Crippen LogP contribution in [0.1, 0.15) is 22.3 Å². The minimum Gasteiger partial charge on any atom is -0.496 e. The Morgan fingerprint density at radius 3 is 2.75 bits per heavy atom. The average molecular weight is 259 g/mol. The molecule has 0 unspecified atom stereocenters. The second-order valence-electron chi connectivity index (χ2n) is 3.47. The fourth-order valence-corrected chi connectivity index (χ4v) is 2.20. The van der Waals surface area contributed by atoms with Crippen LogP contribution in [0.5, 0.6) is 5.75 Å². The highest BCUT2D eigenvalue weighted by molar-refractivity contribution is 7.98. The molecule has 0 spiro atoms. The van der Waals surface area contributed by atoms with Crippen molar-refractivity contribution in [1.82, 2.24) is 0 Å². The molecular weight excluding hydrogens is 244 g/mol. The van der Waals surface area contributed by atoms with E-state index in [1.807, 2.05) is 13.2 Å². The molecule has 1 aromatic carbocycles. The summed E-state index contributed by atoms with van der Waals surface area (Å²) in [7, 11) is 1.57. The zero-order valence-electron chi connectivity index (χ0n) is 9.67. The number of ether oxygens (including phenoxy) is 1. The molecule has 0 amide bonds. The predicted octanol–water partition coefficient (Wildman–Crippen LogP) is 3.59. The summed E-state index contributed by atoms with van der Waals surface area (Å²) in [6, 6.07) is 3.47. The summed E-state index contributed by atoms with van der Waals surface area (Å²) in [6.07, 6.45) is 2.49. The van der Waals surface area contributed by atoms with Gasteiger partial charge in [0.2, 0.25) is 0 Å². The van der Waals surface area contributed by atoms with Crippen LogP contribution in [0.2, 0.25) is 5.02 Å². The van der Waals surface area contributed by atoms with Gasteiger partial charge in [-0.2, -0.15) is 11.8 Å². The van der Waals surface area contributed by atoms with Crippen molar-refractivity contribution in [2.75, 3.05) is 19.1 Å². The zero-order valence-corrected chi connectivity index (χ0v) is 11.2. The van der Waals surface area contributed by atoms with Gasteiger partial charge in [-0.05, 0) is 30.9 Å². The number of hydrogen-bond acceptors (Lipinski definition) is 3. The quantitative estimate of drug-likeness (QED) is 0.755. The first-order chi connectivity index (χ1) is 7.60. The summed E-state index contributed by atoms with van der Waals surface area (Å²) < 4.78 is 5.25. The lowest BCUT2D eigenvalue weighted by atomic mass is 10.0. The molecule has 0 saturated heterocycles. The molecule has 0 N–H and O–H groups in total. The van der Waals surface area contributed by atoms with Crippen molar-refractivity contribution >= 4 is 29.1 Å². The van der Waals surface area contributed by atoms with Crippen molar-refractivity contribution in [3.63, 3.8) is 0 Å². The molecule has 16 heavy (non-hydrogen) atoms. The van der Waals surface area contributed by atoms with Crippen LogP contribution in [-0.2, 0) is 0 Å². The van der Waals surface area contributed by atoms with Crippen molar-refractivity contribution in [1.29, 1.82) is 0 Å². The number of ketones is 1. The van der Waals surface area contributed by atoms with Gasteiger partial charge in [-0.3, -0.25) is 4.79 Å². The van der Waals surface area contributed by atoms with Crippen molar-refractivity contribution in [3.8, 4) is 5.75 Å². The van der Waals surface area contributed by atoms with Crippen LogP contribution in [0.25, 0.3) is 0 Å². The molecule has 0 atom stereocenters. The molecule has 88 valence electrons. The smallest absolute Gasteiger partial charge is 0.167 e. The molecule has 2 nitrogen and oxygen atoms in total. The van der Waals surface area contributed by atoms with E-state index >= 15 is 0 Å². The number of methoxy groups -OCH3 is 1. The fraction of sp³-hybridized carbons (Fsp3) is 0.417. The first-order valence-corrected chi connectivity index (χ1v) is 6.73. The zero-order chi connectivity index (χ0) is 12.1. The van der Waals surface area contributed by atoms with Crippen LogP contribution in [0.4, 0.5) is 0 Å². The van der Waals surface area contributed by atoms with Crippen molar-refractivity contribution in [3.05, 3.63) is 28.3 Å². The molecule has 0 aliphatic carbocycles. The van der Waals surface area contributed by atoms with Gasteiger partial charge in [-0.15, -0.1) is 0 Å². The van der Waals surface area contributed by atoms with E-state index in [9.17, 15) is 4.79 Å². The number of carbonyl (C=O) groups is 1. The summed E-state index contributed by atoms with van der Waals surface area (Å²) in [6.45, 7) is 1.88. The summed E-state index contributed by atoms with van der Waals surface area (Å²) in [5.41, 5.74) is 1.48. The van der Waals surface area contributed by atoms with E-state index in [0.717, 1.165) is 11.3 Å². The summed E-state index contributed by atoms with van der Waals surface area (Å²) in [4.78, 5) is 11.9. The third kappa shape index (κ3) is 3.16. The number of aryl methyl sites for hydroxylation is 1. The Morgan fingerprint density at radius 1 is 1.50 bits per heavy atom. The van der Waals surface area contributed by atoms with Gasteiger partial charge in [0.05, 0.1) is 12.7 Å². The Balaban J connectivity index is 3.05. The third-order valence-corrected chi connectivity index (χ3v) is 3.11. The van der Waals surface area contributed by atoms with E-state index < -0.39 is 0 Å². The van der Waals surface area contributed by atoms with Crippen LogP contribution in [0.15, 0.2) is 12.1 Å². The van der Waals surface area contributed by atoms with Gasteiger partial charge in [-0.25, -0.2) is 0 Å². The first kappa shape index (κ1) is 13.4. The molecule has 0 aromatic heterocycles. The highest BCUT2D eigenvalue weighted by Crippen LogP contribution is 2.28. The molecule has 0 heterocycles. The number of benzene rings is 1. The number of Topliss-reactive ketones (excluding diaryl/α,β-unsaturated/α-hetero) is 1. The summed E-state index contributed by atoms with van der Waals surface area (Å²) in [5.74, 6) is 1.53.